The van der Waals surface area contributed by atoms with Crippen molar-refractivity contribution in [2.24, 2.45) is 0 Å². The molecule has 0 heterocycles. The number of likely N-dealkylation sites (N-methyl/N-ethyl adjacent to an activating group) is 1. The highest BCUT2D eigenvalue weighted by atomic mass is 32.2. The van der Waals surface area contributed by atoms with Gasteiger partial charge >= 0.3 is 5.97 Å². The van der Waals surface area contributed by atoms with Gasteiger partial charge in [-0.2, -0.15) is 0 Å². The molecule has 1 aromatic rings. The third kappa shape index (κ3) is 5.64. The number of rotatable bonds is 8. The molecule has 0 aliphatic heterocycles. The van der Waals surface area contributed by atoms with Crippen LogP contribution in [-0.2, 0) is 19.6 Å². The van der Waals surface area contributed by atoms with Crippen LogP contribution in [0.25, 0.3) is 0 Å². The predicted octanol–water partition coefficient (Wildman–Crippen LogP) is -0.194. The van der Waals surface area contributed by atoms with Crippen LogP contribution in [0.5, 0.6) is 0 Å². The Balaban J connectivity index is 2.60. The first-order valence-corrected chi connectivity index (χ1v) is 7.81. The minimum atomic E-state index is -3.91. The second-order valence-corrected chi connectivity index (χ2v) is 6.31. The number of hydrogen-bond acceptors (Lipinski definition) is 6. The Bertz CT molecular complexity index is 700. The van der Waals surface area contributed by atoms with Crippen molar-refractivity contribution in [2.45, 2.75) is 11.3 Å². The Morgan fingerprint density at radius 1 is 1.30 bits per heavy atom. The molecular formula is C12H15N3O7S. The molecule has 126 valence electrons. The van der Waals surface area contributed by atoms with Gasteiger partial charge < -0.3 is 10.0 Å². The molecule has 0 aromatic heterocycles. The van der Waals surface area contributed by atoms with E-state index in [0.717, 1.165) is 29.2 Å². The van der Waals surface area contributed by atoms with E-state index in [2.05, 4.69) is 4.72 Å². The van der Waals surface area contributed by atoms with Gasteiger partial charge in [0.2, 0.25) is 15.9 Å². The van der Waals surface area contributed by atoms with Crippen molar-refractivity contribution in [1.82, 2.24) is 9.62 Å². The van der Waals surface area contributed by atoms with Crippen molar-refractivity contribution in [3.8, 4) is 0 Å². The normalized spacial score (nSPS) is 11.0. The van der Waals surface area contributed by atoms with Gasteiger partial charge in [0, 0.05) is 32.1 Å². The summed E-state index contributed by atoms with van der Waals surface area (Å²) in [6.45, 7) is -0.698. The Morgan fingerprint density at radius 3 is 2.35 bits per heavy atom. The zero-order valence-electron chi connectivity index (χ0n) is 12.1. The highest BCUT2D eigenvalue weighted by Crippen LogP contribution is 2.15. The standard InChI is InChI=1S/C12H15N3O7S/c1-14(8-12(17)18)11(16)6-7-13-23(21,22)10-4-2-9(3-5-10)15(19)20/h2-5,13H,6-8H2,1H3,(H,17,18). The Hall–Kier alpha value is -2.53. The lowest BCUT2D eigenvalue weighted by Crippen LogP contribution is -2.35. The Labute approximate surface area is 131 Å². The number of nitro groups is 1. The van der Waals surface area contributed by atoms with Crippen LogP contribution in [0.2, 0.25) is 0 Å². The fourth-order valence-corrected chi connectivity index (χ4v) is 2.64. The Morgan fingerprint density at radius 2 is 1.87 bits per heavy atom. The molecule has 1 rings (SSSR count). The molecule has 0 aliphatic carbocycles. The third-order valence-corrected chi connectivity index (χ3v) is 4.26. The second-order valence-electron chi connectivity index (χ2n) is 4.54. The molecule has 23 heavy (non-hydrogen) atoms. The smallest absolute Gasteiger partial charge is 0.323 e. The molecule has 2 N–H and O–H groups in total. The first-order chi connectivity index (χ1) is 10.6. The summed E-state index contributed by atoms with van der Waals surface area (Å²) in [6.07, 6.45) is -0.212. The van der Waals surface area contributed by atoms with Crippen molar-refractivity contribution in [1.29, 1.82) is 0 Å². The molecule has 0 saturated carbocycles. The van der Waals surface area contributed by atoms with Crippen LogP contribution >= 0.6 is 0 Å². The molecule has 11 heteroatoms. The van der Waals surface area contributed by atoms with E-state index >= 15 is 0 Å². The first kappa shape index (κ1) is 18.5. The lowest BCUT2D eigenvalue weighted by molar-refractivity contribution is -0.384. The molecule has 0 aliphatic rings. The maximum absolute atomic E-state index is 11.9. The molecule has 10 nitrogen and oxygen atoms in total. The number of sulfonamides is 1. The first-order valence-electron chi connectivity index (χ1n) is 6.33. The van der Waals surface area contributed by atoms with Crippen LogP contribution in [0.1, 0.15) is 6.42 Å². The summed E-state index contributed by atoms with van der Waals surface area (Å²) in [7, 11) is -2.61. The van der Waals surface area contributed by atoms with Gasteiger partial charge in [-0.15, -0.1) is 0 Å². The van der Waals surface area contributed by atoms with E-state index in [1.165, 1.54) is 7.05 Å². The molecule has 0 unspecified atom stereocenters. The molecule has 0 spiro atoms. The average molecular weight is 345 g/mol. The largest absolute Gasteiger partial charge is 0.480 e. The van der Waals surface area contributed by atoms with E-state index in [1.54, 1.807) is 0 Å². The number of carboxylic acid groups (broad SMARTS) is 1. The number of nitro benzene ring substituents is 1. The number of amides is 1. The van der Waals surface area contributed by atoms with E-state index in [0.29, 0.717) is 0 Å². The fraction of sp³-hybridized carbons (Fsp3) is 0.333. The molecule has 0 bridgehead atoms. The average Bonchev–Trinajstić information content (AvgIpc) is 2.46. The SMILES string of the molecule is CN(CC(=O)O)C(=O)CCNS(=O)(=O)c1ccc([N+](=O)[O-])cc1. The van der Waals surface area contributed by atoms with Gasteiger partial charge in [0.05, 0.1) is 9.82 Å². The van der Waals surface area contributed by atoms with Crippen LogP contribution in [0.4, 0.5) is 5.69 Å². The number of carbonyl (C=O) groups excluding carboxylic acids is 1. The molecule has 0 fully saturated rings. The molecule has 0 atom stereocenters. The summed E-state index contributed by atoms with van der Waals surface area (Å²) in [4.78, 5) is 32.7. The summed E-state index contributed by atoms with van der Waals surface area (Å²) < 4.78 is 26.1. The van der Waals surface area contributed by atoms with Gasteiger partial charge in [0.25, 0.3) is 5.69 Å². The van der Waals surface area contributed by atoms with E-state index in [-0.39, 0.29) is 23.5 Å². The number of non-ortho nitro benzene ring substituents is 1. The zero-order valence-corrected chi connectivity index (χ0v) is 12.9. The number of hydrogen-bond donors (Lipinski definition) is 2. The summed E-state index contributed by atoms with van der Waals surface area (Å²) >= 11 is 0. The van der Waals surface area contributed by atoms with Crippen molar-refractivity contribution in [3.05, 3.63) is 34.4 Å². The summed E-state index contributed by atoms with van der Waals surface area (Å²) in [5.74, 6) is -1.70. The quantitative estimate of drug-likeness (QED) is 0.490. The minimum Gasteiger partial charge on any atom is -0.480 e. The number of carboxylic acids is 1. The van der Waals surface area contributed by atoms with Crippen LogP contribution < -0.4 is 4.72 Å². The molecule has 1 amide bonds. The van der Waals surface area contributed by atoms with E-state index in [1.807, 2.05) is 0 Å². The van der Waals surface area contributed by atoms with Crippen molar-refractivity contribution in [2.75, 3.05) is 20.1 Å². The van der Waals surface area contributed by atoms with Gasteiger partial charge in [-0.05, 0) is 12.1 Å². The van der Waals surface area contributed by atoms with Crippen LogP contribution in [0.3, 0.4) is 0 Å². The summed E-state index contributed by atoms with van der Waals surface area (Å²) in [5, 5.41) is 19.0. The highest BCUT2D eigenvalue weighted by molar-refractivity contribution is 7.89. The van der Waals surface area contributed by atoms with Crippen molar-refractivity contribution < 1.29 is 28.0 Å². The topological polar surface area (TPSA) is 147 Å². The van der Waals surface area contributed by atoms with Crippen molar-refractivity contribution >= 4 is 27.6 Å². The minimum absolute atomic E-state index is 0.172. The maximum atomic E-state index is 11.9. The second kappa shape index (κ2) is 7.65. The third-order valence-electron chi connectivity index (χ3n) is 2.79. The van der Waals surface area contributed by atoms with E-state index in [4.69, 9.17) is 5.11 Å². The van der Waals surface area contributed by atoms with Crippen LogP contribution in [0, 0.1) is 10.1 Å². The fourth-order valence-electron chi connectivity index (χ4n) is 1.60. The maximum Gasteiger partial charge on any atom is 0.323 e. The lowest BCUT2D eigenvalue weighted by atomic mass is 10.3. The summed E-state index contributed by atoms with van der Waals surface area (Å²) in [6, 6.07) is 4.28. The van der Waals surface area contributed by atoms with E-state index < -0.39 is 33.4 Å². The monoisotopic (exact) mass is 345 g/mol. The van der Waals surface area contributed by atoms with Crippen LogP contribution in [0.15, 0.2) is 29.2 Å². The number of benzene rings is 1. The number of nitrogens with one attached hydrogen (secondary N) is 1. The van der Waals surface area contributed by atoms with Gasteiger partial charge in [0.15, 0.2) is 0 Å². The molecule has 1 aromatic carbocycles. The van der Waals surface area contributed by atoms with Crippen molar-refractivity contribution in [3.63, 3.8) is 0 Å². The van der Waals surface area contributed by atoms with Crippen LogP contribution in [-0.4, -0.2) is 55.4 Å². The zero-order chi connectivity index (χ0) is 17.6. The molecule has 0 saturated heterocycles. The highest BCUT2D eigenvalue weighted by Gasteiger charge is 2.17. The number of aliphatic carboxylic acids is 1. The molecule has 0 radical (unpaired) electrons. The number of nitrogens with zero attached hydrogens (tertiary/aromatic N) is 2. The lowest BCUT2D eigenvalue weighted by Gasteiger charge is -2.14. The van der Waals surface area contributed by atoms with E-state index in [9.17, 15) is 28.1 Å². The van der Waals surface area contributed by atoms with Gasteiger partial charge in [-0.25, -0.2) is 13.1 Å². The molecular weight excluding hydrogens is 330 g/mol. The number of carbonyl (C=O) groups is 2. The van der Waals surface area contributed by atoms with Gasteiger partial charge in [-0.3, -0.25) is 19.7 Å². The Kier molecular flexibility index (Phi) is 6.16. The van der Waals surface area contributed by atoms with Gasteiger partial charge in [-0.1, -0.05) is 0 Å². The van der Waals surface area contributed by atoms with Gasteiger partial charge in [0.1, 0.15) is 6.54 Å². The summed E-state index contributed by atoms with van der Waals surface area (Å²) in [5.41, 5.74) is -0.241. The predicted molar refractivity (Wildman–Crippen MR) is 78.2 cm³/mol.